The SMILES string of the molecule is C=CC(=O)NC(COC(=O)C=C)CSCC(C)(C)C. The quantitative estimate of drug-likeness (QED) is 0.548. The van der Waals surface area contributed by atoms with E-state index < -0.39 is 5.97 Å². The van der Waals surface area contributed by atoms with Crippen LogP contribution in [0.1, 0.15) is 20.8 Å². The lowest BCUT2D eigenvalue weighted by Gasteiger charge is -2.21. The summed E-state index contributed by atoms with van der Waals surface area (Å²) in [5.41, 5.74) is 0.218. The Bertz CT molecular complexity index is 334. The molecule has 0 aromatic heterocycles. The van der Waals surface area contributed by atoms with E-state index in [1.807, 2.05) is 0 Å². The molecular weight excluding hydrogens is 262 g/mol. The Balaban J connectivity index is 4.24. The maximum absolute atomic E-state index is 11.3. The first-order valence-corrected chi connectivity index (χ1v) is 7.24. The van der Waals surface area contributed by atoms with Gasteiger partial charge in [-0.2, -0.15) is 11.8 Å². The largest absolute Gasteiger partial charge is 0.460 e. The third-order valence-corrected chi connectivity index (χ3v) is 3.69. The Morgan fingerprint density at radius 2 is 1.95 bits per heavy atom. The van der Waals surface area contributed by atoms with Crippen LogP contribution in [-0.2, 0) is 14.3 Å². The zero-order chi connectivity index (χ0) is 14.9. The summed E-state index contributed by atoms with van der Waals surface area (Å²) in [4.78, 5) is 22.3. The van der Waals surface area contributed by atoms with Crippen LogP contribution >= 0.6 is 11.8 Å². The molecule has 0 rings (SSSR count). The van der Waals surface area contributed by atoms with Gasteiger partial charge in [-0.1, -0.05) is 33.9 Å². The van der Waals surface area contributed by atoms with Crippen molar-refractivity contribution in [1.82, 2.24) is 5.32 Å². The van der Waals surface area contributed by atoms with Gasteiger partial charge in [0.2, 0.25) is 5.91 Å². The van der Waals surface area contributed by atoms with E-state index >= 15 is 0 Å². The van der Waals surface area contributed by atoms with E-state index in [4.69, 9.17) is 4.74 Å². The fraction of sp³-hybridized carbons (Fsp3) is 0.571. The predicted octanol–water partition coefficient (Wildman–Crippen LogP) is 2.17. The molecule has 1 atom stereocenters. The highest BCUT2D eigenvalue weighted by atomic mass is 32.2. The lowest BCUT2D eigenvalue weighted by atomic mass is 10.0. The van der Waals surface area contributed by atoms with E-state index in [-0.39, 0.29) is 24.0 Å². The second-order valence-corrected chi connectivity index (χ2v) is 6.35. The van der Waals surface area contributed by atoms with E-state index in [2.05, 4.69) is 39.2 Å². The lowest BCUT2D eigenvalue weighted by Crippen LogP contribution is -2.40. The van der Waals surface area contributed by atoms with Gasteiger partial charge in [-0.25, -0.2) is 4.79 Å². The van der Waals surface area contributed by atoms with Crippen molar-refractivity contribution in [2.24, 2.45) is 5.41 Å². The normalized spacial score (nSPS) is 12.4. The summed E-state index contributed by atoms with van der Waals surface area (Å²) in [5, 5.41) is 2.74. The molecule has 4 nitrogen and oxygen atoms in total. The standard InChI is InChI=1S/C14H23NO3S/c1-6-12(16)15-11(8-18-13(17)7-2)9-19-10-14(3,4)5/h6-7,11H,1-2,8-10H2,3-5H3,(H,15,16). The molecule has 0 saturated carbocycles. The van der Waals surface area contributed by atoms with Crippen LogP contribution in [0.2, 0.25) is 0 Å². The van der Waals surface area contributed by atoms with Crippen molar-refractivity contribution in [2.75, 3.05) is 18.1 Å². The Morgan fingerprint density at radius 3 is 2.42 bits per heavy atom. The molecule has 0 aromatic rings. The Kier molecular flexibility index (Phi) is 8.23. The van der Waals surface area contributed by atoms with Crippen molar-refractivity contribution in [3.63, 3.8) is 0 Å². The Labute approximate surface area is 119 Å². The molecule has 0 bridgehead atoms. The van der Waals surface area contributed by atoms with Gasteiger partial charge in [-0.05, 0) is 17.2 Å². The van der Waals surface area contributed by atoms with E-state index in [9.17, 15) is 9.59 Å². The number of amides is 1. The number of thioether (sulfide) groups is 1. The molecule has 0 aromatic carbocycles. The van der Waals surface area contributed by atoms with Gasteiger partial charge in [0.25, 0.3) is 0 Å². The zero-order valence-electron chi connectivity index (χ0n) is 11.9. The number of carbonyl (C=O) groups is 2. The van der Waals surface area contributed by atoms with Crippen LogP contribution in [0.4, 0.5) is 0 Å². The minimum absolute atomic E-state index is 0.140. The Morgan fingerprint density at radius 1 is 1.32 bits per heavy atom. The van der Waals surface area contributed by atoms with Gasteiger partial charge in [0, 0.05) is 11.8 Å². The minimum Gasteiger partial charge on any atom is -0.460 e. The summed E-state index contributed by atoms with van der Waals surface area (Å²) >= 11 is 1.71. The van der Waals surface area contributed by atoms with E-state index in [1.165, 1.54) is 6.08 Å². The summed E-state index contributed by atoms with van der Waals surface area (Å²) in [5.74, 6) is 0.888. The van der Waals surface area contributed by atoms with Crippen LogP contribution in [0.25, 0.3) is 0 Å². The van der Waals surface area contributed by atoms with Crippen LogP contribution in [0, 0.1) is 5.41 Å². The molecule has 1 unspecified atom stereocenters. The molecule has 0 aliphatic rings. The molecule has 0 fully saturated rings. The number of carbonyl (C=O) groups excluding carboxylic acids is 2. The fourth-order valence-electron chi connectivity index (χ4n) is 1.14. The van der Waals surface area contributed by atoms with Gasteiger partial charge in [-0.15, -0.1) is 0 Å². The van der Waals surface area contributed by atoms with Crippen LogP contribution in [0.3, 0.4) is 0 Å². The molecule has 108 valence electrons. The first-order chi connectivity index (χ1) is 8.78. The average molecular weight is 285 g/mol. The second kappa shape index (κ2) is 8.80. The number of hydrogen-bond acceptors (Lipinski definition) is 4. The molecule has 1 amide bonds. The number of esters is 1. The molecular formula is C14H23NO3S. The van der Waals surface area contributed by atoms with Crippen molar-refractivity contribution in [2.45, 2.75) is 26.8 Å². The average Bonchev–Trinajstić information content (AvgIpc) is 2.33. The molecule has 0 radical (unpaired) electrons. The maximum atomic E-state index is 11.3. The number of ether oxygens (including phenoxy) is 1. The van der Waals surface area contributed by atoms with Gasteiger partial charge < -0.3 is 10.1 Å². The highest BCUT2D eigenvalue weighted by Gasteiger charge is 2.16. The summed E-state index contributed by atoms with van der Waals surface area (Å²) in [6.45, 7) is 13.3. The van der Waals surface area contributed by atoms with Crippen molar-refractivity contribution in [3.05, 3.63) is 25.3 Å². The molecule has 0 heterocycles. The maximum Gasteiger partial charge on any atom is 0.330 e. The third kappa shape index (κ3) is 10.4. The van der Waals surface area contributed by atoms with Crippen LogP contribution in [0.5, 0.6) is 0 Å². The van der Waals surface area contributed by atoms with Crippen molar-refractivity contribution in [1.29, 1.82) is 0 Å². The summed E-state index contributed by atoms with van der Waals surface area (Å²) < 4.78 is 4.96. The number of rotatable bonds is 8. The summed E-state index contributed by atoms with van der Waals surface area (Å²) in [7, 11) is 0. The van der Waals surface area contributed by atoms with E-state index in [0.717, 1.165) is 11.8 Å². The number of nitrogens with one attached hydrogen (secondary N) is 1. The first-order valence-electron chi connectivity index (χ1n) is 6.08. The summed E-state index contributed by atoms with van der Waals surface area (Å²) in [6, 6.07) is -0.221. The third-order valence-electron chi connectivity index (χ3n) is 1.98. The smallest absolute Gasteiger partial charge is 0.330 e. The fourth-order valence-corrected chi connectivity index (χ4v) is 2.33. The molecule has 0 saturated heterocycles. The Hall–Kier alpha value is -1.23. The van der Waals surface area contributed by atoms with Crippen LogP contribution < -0.4 is 5.32 Å². The monoisotopic (exact) mass is 285 g/mol. The number of hydrogen-bond donors (Lipinski definition) is 1. The van der Waals surface area contributed by atoms with Gasteiger partial charge in [0.15, 0.2) is 0 Å². The van der Waals surface area contributed by atoms with Gasteiger partial charge in [0.1, 0.15) is 6.61 Å². The molecule has 19 heavy (non-hydrogen) atoms. The first kappa shape index (κ1) is 17.8. The highest BCUT2D eigenvalue weighted by Crippen LogP contribution is 2.20. The topological polar surface area (TPSA) is 55.4 Å². The van der Waals surface area contributed by atoms with E-state index in [1.54, 1.807) is 11.8 Å². The predicted molar refractivity (Wildman–Crippen MR) is 80.1 cm³/mol. The lowest BCUT2D eigenvalue weighted by molar-refractivity contribution is -0.138. The van der Waals surface area contributed by atoms with Crippen molar-refractivity contribution in [3.8, 4) is 0 Å². The second-order valence-electron chi connectivity index (χ2n) is 5.32. The van der Waals surface area contributed by atoms with Crippen LogP contribution in [-0.4, -0.2) is 36.0 Å². The van der Waals surface area contributed by atoms with Gasteiger partial charge in [-0.3, -0.25) is 4.79 Å². The minimum atomic E-state index is -0.487. The van der Waals surface area contributed by atoms with Crippen LogP contribution in [0.15, 0.2) is 25.3 Å². The van der Waals surface area contributed by atoms with Gasteiger partial charge in [0.05, 0.1) is 6.04 Å². The molecule has 1 N–H and O–H groups in total. The van der Waals surface area contributed by atoms with Crippen molar-refractivity contribution < 1.29 is 14.3 Å². The molecule has 0 aliphatic heterocycles. The van der Waals surface area contributed by atoms with Gasteiger partial charge >= 0.3 is 5.97 Å². The van der Waals surface area contributed by atoms with E-state index in [0.29, 0.717) is 5.75 Å². The zero-order valence-corrected chi connectivity index (χ0v) is 12.7. The highest BCUT2D eigenvalue weighted by molar-refractivity contribution is 7.99. The molecule has 0 spiro atoms. The summed E-state index contributed by atoms with van der Waals surface area (Å²) in [6.07, 6.45) is 2.31. The molecule has 0 aliphatic carbocycles. The molecule has 5 heteroatoms. The van der Waals surface area contributed by atoms with Crippen molar-refractivity contribution >= 4 is 23.6 Å².